The van der Waals surface area contributed by atoms with E-state index in [1.807, 2.05) is 0 Å². The Labute approximate surface area is 85.5 Å². The summed E-state index contributed by atoms with van der Waals surface area (Å²) in [7, 11) is -3.70. The van der Waals surface area contributed by atoms with Crippen molar-refractivity contribution in [3.63, 3.8) is 0 Å². The predicted octanol–water partition coefficient (Wildman–Crippen LogP) is 0.930. The molecule has 0 aliphatic carbocycles. The lowest BCUT2D eigenvalue weighted by Crippen LogP contribution is -2.36. The van der Waals surface area contributed by atoms with E-state index >= 15 is 0 Å². The maximum atomic E-state index is 12.3. The molecule has 2 atom stereocenters. The fourth-order valence-corrected chi connectivity index (χ4v) is 1.80. The normalized spacial score (nSPS) is 28.3. The molecular weight excluding hydrogens is 237 g/mol. The second-order valence-corrected chi connectivity index (χ2v) is 5.01. The van der Waals surface area contributed by atoms with Gasteiger partial charge in [0.25, 0.3) is 10.1 Å². The van der Waals surface area contributed by atoms with Gasteiger partial charge < -0.3 is 4.74 Å². The SMILES string of the molecule is CS(=O)(=O)OCC1CCOC1C(F)(F)F. The second-order valence-electron chi connectivity index (χ2n) is 3.37. The smallest absolute Gasteiger partial charge is 0.368 e. The molecule has 2 unspecified atom stereocenters. The number of rotatable bonds is 3. The van der Waals surface area contributed by atoms with Gasteiger partial charge in [0.2, 0.25) is 0 Å². The standard InChI is InChI=1S/C7H11F3O4S/c1-15(11,12)14-4-5-2-3-13-6(5)7(8,9)10/h5-6H,2-4H2,1H3. The summed E-state index contributed by atoms with van der Waals surface area (Å²) in [5.74, 6) is -0.945. The molecule has 1 saturated heterocycles. The average Bonchev–Trinajstić information content (AvgIpc) is 2.45. The molecule has 0 spiro atoms. The van der Waals surface area contributed by atoms with Gasteiger partial charge in [-0.1, -0.05) is 0 Å². The average molecular weight is 248 g/mol. The van der Waals surface area contributed by atoms with Crippen LogP contribution in [-0.2, 0) is 19.0 Å². The molecule has 0 radical (unpaired) electrons. The van der Waals surface area contributed by atoms with Gasteiger partial charge in [0, 0.05) is 12.5 Å². The number of hydrogen-bond donors (Lipinski definition) is 0. The molecule has 0 aromatic heterocycles. The molecule has 0 aromatic rings. The highest BCUT2D eigenvalue weighted by Crippen LogP contribution is 2.34. The number of halogens is 3. The Bertz CT molecular complexity index is 311. The third kappa shape index (κ3) is 3.96. The minimum absolute atomic E-state index is 0.0258. The highest BCUT2D eigenvalue weighted by atomic mass is 32.2. The van der Waals surface area contributed by atoms with Crippen LogP contribution in [-0.4, -0.2) is 40.2 Å². The Morgan fingerprint density at radius 2 is 2.07 bits per heavy atom. The Morgan fingerprint density at radius 3 is 2.53 bits per heavy atom. The van der Waals surface area contributed by atoms with Gasteiger partial charge in [0.1, 0.15) is 0 Å². The van der Waals surface area contributed by atoms with E-state index in [-0.39, 0.29) is 13.0 Å². The van der Waals surface area contributed by atoms with E-state index in [4.69, 9.17) is 0 Å². The van der Waals surface area contributed by atoms with E-state index in [1.165, 1.54) is 0 Å². The van der Waals surface area contributed by atoms with Gasteiger partial charge in [-0.25, -0.2) is 0 Å². The number of alkyl halides is 3. The number of ether oxygens (including phenoxy) is 1. The van der Waals surface area contributed by atoms with Crippen LogP contribution in [0, 0.1) is 5.92 Å². The van der Waals surface area contributed by atoms with Crippen LogP contribution in [0.3, 0.4) is 0 Å². The number of hydrogen-bond acceptors (Lipinski definition) is 4. The summed E-state index contributed by atoms with van der Waals surface area (Å²) in [5.41, 5.74) is 0. The van der Waals surface area contributed by atoms with Crippen molar-refractivity contribution in [2.75, 3.05) is 19.5 Å². The zero-order valence-electron chi connectivity index (χ0n) is 7.95. The van der Waals surface area contributed by atoms with Gasteiger partial charge in [-0.15, -0.1) is 0 Å². The highest BCUT2D eigenvalue weighted by molar-refractivity contribution is 7.85. The van der Waals surface area contributed by atoms with E-state index < -0.39 is 34.9 Å². The molecule has 0 amide bonds. The largest absolute Gasteiger partial charge is 0.414 e. The molecule has 0 bridgehead atoms. The van der Waals surface area contributed by atoms with Crippen LogP contribution in [0.25, 0.3) is 0 Å². The van der Waals surface area contributed by atoms with E-state index in [1.54, 1.807) is 0 Å². The van der Waals surface area contributed by atoms with Gasteiger partial charge >= 0.3 is 6.18 Å². The van der Waals surface area contributed by atoms with Crippen LogP contribution in [0.5, 0.6) is 0 Å². The summed E-state index contributed by atoms with van der Waals surface area (Å²) in [6, 6.07) is 0. The van der Waals surface area contributed by atoms with Gasteiger partial charge in [-0.3, -0.25) is 4.18 Å². The molecule has 1 heterocycles. The van der Waals surface area contributed by atoms with Crippen molar-refractivity contribution in [3.05, 3.63) is 0 Å². The Hall–Kier alpha value is -0.340. The quantitative estimate of drug-likeness (QED) is 0.697. The van der Waals surface area contributed by atoms with Crippen molar-refractivity contribution in [2.45, 2.75) is 18.7 Å². The monoisotopic (exact) mass is 248 g/mol. The van der Waals surface area contributed by atoms with Crippen LogP contribution in [0.15, 0.2) is 0 Å². The zero-order chi connectivity index (χ0) is 11.7. The van der Waals surface area contributed by atoms with Gasteiger partial charge in [-0.2, -0.15) is 21.6 Å². The van der Waals surface area contributed by atoms with Gasteiger partial charge in [0.05, 0.1) is 12.9 Å². The zero-order valence-corrected chi connectivity index (χ0v) is 8.77. The van der Waals surface area contributed by atoms with Gasteiger partial charge in [0.15, 0.2) is 6.10 Å². The predicted molar refractivity (Wildman–Crippen MR) is 44.7 cm³/mol. The molecule has 4 nitrogen and oxygen atoms in total. The molecular formula is C7H11F3O4S. The van der Waals surface area contributed by atoms with Crippen LogP contribution < -0.4 is 0 Å². The topological polar surface area (TPSA) is 52.6 Å². The highest BCUT2D eigenvalue weighted by Gasteiger charge is 2.48. The molecule has 8 heteroatoms. The molecule has 1 aliphatic rings. The van der Waals surface area contributed by atoms with E-state index in [2.05, 4.69) is 8.92 Å². The molecule has 15 heavy (non-hydrogen) atoms. The van der Waals surface area contributed by atoms with Crippen LogP contribution in [0.2, 0.25) is 0 Å². The lowest BCUT2D eigenvalue weighted by Gasteiger charge is -2.20. The second kappa shape index (κ2) is 4.26. The third-order valence-electron chi connectivity index (χ3n) is 2.03. The fraction of sp³-hybridized carbons (Fsp3) is 1.00. The molecule has 1 rings (SSSR count). The Kier molecular flexibility index (Phi) is 3.62. The minimum Gasteiger partial charge on any atom is -0.368 e. The molecule has 1 fully saturated rings. The van der Waals surface area contributed by atoms with Crippen molar-refractivity contribution in [3.8, 4) is 0 Å². The summed E-state index contributed by atoms with van der Waals surface area (Å²) < 4.78 is 66.9. The van der Waals surface area contributed by atoms with Crippen molar-refractivity contribution < 1.29 is 30.5 Å². The first-order chi connectivity index (χ1) is 6.70. The van der Waals surface area contributed by atoms with Crippen LogP contribution in [0.4, 0.5) is 13.2 Å². The van der Waals surface area contributed by atoms with E-state index in [9.17, 15) is 21.6 Å². The summed E-state index contributed by atoms with van der Waals surface area (Å²) >= 11 is 0. The molecule has 0 aromatic carbocycles. The minimum atomic E-state index is -4.47. The Morgan fingerprint density at radius 1 is 1.47 bits per heavy atom. The van der Waals surface area contributed by atoms with Crippen molar-refractivity contribution in [1.82, 2.24) is 0 Å². The van der Waals surface area contributed by atoms with Crippen molar-refractivity contribution in [1.29, 1.82) is 0 Å². The van der Waals surface area contributed by atoms with Crippen LogP contribution >= 0.6 is 0 Å². The third-order valence-corrected chi connectivity index (χ3v) is 2.60. The van der Waals surface area contributed by atoms with E-state index in [0.717, 1.165) is 6.26 Å². The lowest BCUT2D eigenvalue weighted by atomic mass is 10.0. The molecule has 90 valence electrons. The van der Waals surface area contributed by atoms with Gasteiger partial charge in [-0.05, 0) is 6.42 Å². The van der Waals surface area contributed by atoms with Crippen LogP contribution in [0.1, 0.15) is 6.42 Å². The first kappa shape index (κ1) is 12.7. The maximum Gasteiger partial charge on any atom is 0.414 e. The molecule has 0 saturated carbocycles. The summed E-state index contributed by atoms with van der Waals surface area (Å²) in [4.78, 5) is 0. The lowest BCUT2D eigenvalue weighted by molar-refractivity contribution is -0.218. The first-order valence-electron chi connectivity index (χ1n) is 4.23. The molecule has 0 N–H and O–H groups in total. The first-order valence-corrected chi connectivity index (χ1v) is 6.04. The maximum absolute atomic E-state index is 12.3. The van der Waals surface area contributed by atoms with Crippen molar-refractivity contribution in [2.24, 2.45) is 5.92 Å². The molecule has 1 aliphatic heterocycles. The van der Waals surface area contributed by atoms with E-state index in [0.29, 0.717) is 0 Å². The fourth-order valence-electron chi connectivity index (χ4n) is 1.38. The Balaban J connectivity index is 2.55. The summed E-state index contributed by atoms with van der Waals surface area (Å²) in [5, 5.41) is 0. The summed E-state index contributed by atoms with van der Waals surface area (Å²) in [6.45, 7) is -0.509. The van der Waals surface area contributed by atoms with Crippen molar-refractivity contribution >= 4 is 10.1 Å². The summed E-state index contributed by atoms with van der Waals surface area (Å²) in [6.07, 6.45) is -5.44.